The van der Waals surface area contributed by atoms with Crippen LogP contribution in [0.3, 0.4) is 0 Å². The Kier molecular flexibility index (Phi) is 6.11. The van der Waals surface area contributed by atoms with E-state index in [1.54, 1.807) is 34.9 Å². The standard InChI is InChI=1S/C21H23ClN2O3S2/c22-16-9-7-15(8-10-16)14-24-19-12-11-18(13-20(19)28-21(24)25)29(26,27)23-17-5-3-1-2-4-6-17/h7-13,17,23H,1-6,14H2. The van der Waals surface area contributed by atoms with Crippen molar-refractivity contribution in [3.05, 3.63) is 62.7 Å². The SMILES string of the molecule is O=c1sc2cc(S(=O)(=O)NC3CCCCCC3)ccc2n1Cc1ccc(Cl)cc1. The van der Waals surface area contributed by atoms with E-state index in [0.29, 0.717) is 16.3 Å². The number of hydrogen-bond acceptors (Lipinski definition) is 4. The van der Waals surface area contributed by atoms with Crippen LogP contribution in [0.2, 0.25) is 5.02 Å². The summed E-state index contributed by atoms with van der Waals surface area (Å²) < 4.78 is 30.9. The Labute approximate surface area is 179 Å². The Balaban J connectivity index is 1.61. The number of rotatable bonds is 5. The van der Waals surface area contributed by atoms with Crippen molar-refractivity contribution in [1.82, 2.24) is 9.29 Å². The monoisotopic (exact) mass is 450 g/mol. The van der Waals surface area contributed by atoms with Crippen LogP contribution in [0.5, 0.6) is 0 Å². The Morgan fingerprint density at radius 1 is 1.03 bits per heavy atom. The minimum absolute atomic E-state index is 0.00792. The van der Waals surface area contributed by atoms with Crippen LogP contribution < -0.4 is 9.60 Å². The molecule has 4 rings (SSSR count). The van der Waals surface area contributed by atoms with Crippen molar-refractivity contribution in [3.63, 3.8) is 0 Å². The number of thiazole rings is 1. The molecule has 0 radical (unpaired) electrons. The molecular formula is C21H23ClN2O3S2. The zero-order valence-electron chi connectivity index (χ0n) is 15.9. The minimum atomic E-state index is -3.60. The number of halogens is 1. The number of hydrogen-bond donors (Lipinski definition) is 1. The maximum absolute atomic E-state index is 12.9. The maximum atomic E-state index is 12.9. The minimum Gasteiger partial charge on any atom is -0.294 e. The van der Waals surface area contributed by atoms with Crippen molar-refractivity contribution in [2.45, 2.75) is 56.0 Å². The number of aromatic nitrogens is 1. The molecule has 1 fully saturated rings. The molecule has 1 aliphatic carbocycles. The Hall–Kier alpha value is -1.67. The molecule has 0 amide bonds. The van der Waals surface area contributed by atoms with Gasteiger partial charge in [0.05, 0.1) is 21.7 Å². The first-order chi connectivity index (χ1) is 13.9. The fourth-order valence-corrected chi connectivity index (χ4v) is 6.28. The van der Waals surface area contributed by atoms with Crippen LogP contribution in [0.1, 0.15) is 44.1 Å². The van der Waals surface area contributed by atoms with E-state index in [-0.39, 0.29) is 15.8 Å². The molecule has 0 spiro atoms. The molecule has 0 aliphatic heterocycles. The molecule has 0 atom stereocenters. The fraction of sp³-hybridized carbons (Fsp3) is 0.381. The van der Waals surface area contributed by atoms with Gasteiger partial charge in [0, 0.05) is 11.1 Å². The molecule has 154 valence electrons. The second-order valence-electron chi connectivity index (χ2n) is 7.52. The first-order valence-electron chi connectivity index (χ1n) is 9.82. The quantitative estimate of drug-likeness (QED) is 0.569. The van der Waals surface area contributed by atoms with Crippen molar-refractivity contribution in [3.8, 4) is 0 Å². The van der Waals surface area contributed by atoms with Crippen LogP contribution in [0.25, 0.3) is 10.2 Å². The third-order valence-corrected chi connectivity index (χ3v) is 8.09. The largest absolute Gasteiger partial charge is 0.308 e. The topological polar surface area (TPSA) is 68.2 Å². The summed E-state index contributed by atoms with van der Waals surface area (Å²) in [5, 5.41) is 0.646. The van der Waals surface area contributed by atoms with Crippen LogP contribution >= 0.6 is 22.9 Å². The van der Waals surface area contributed by atoms with Crippen LogP contribution in [0, 0.1) is 0 Å². The normalized spacial score (nSPS) is 16.2. The Bertz CT molecular complexity index is 1160. The Morgan fingerprint density at radius 3 is 2.41 bits per heavy atom. The zero-order valence-corrected chi connectivity index (χ0v) is 18.3. The van der Waals surface area contributed by atoms with Crippen molar-refractivity contribution in [2.75, 3.05) is 0 Å². The van der Waals surface area contributed by atoms with E-state index in [0.717, 1.165) is 48.1 Å². The second-order valence-corrected chi connectivity index (χ2v) is 10.7. The van der Waals surface area contributed by atoms with Crippen molar-refractivity contribution in [2.24, 2.45) is 0 Å². The van der Waals surface area contributed by atoms with E-state index in [4.69, 9.17) is 11.6 Å². The summed E-state index contributed by atoms with van der Waals surface area (Å²) in [5.74, 6) is 0. The van der Waals surface area contributed by atoms with E-state index in [1.165, 1.54) is 12.8 Å². The van der Waals surface area contributed by atoms with Gasteiger partial charge >= 0.3 is 4.87 Å². The van der Waals surface area contributed by atoms with E-state index in [1.807, 2.05) is 12.1 Å². The summed E-state index contributed by atoms with van der Waals surface area (Å²) in [6.07, 6.45) is 6.21. The molecule has 5 nitrogen and oxygen atoms in total. The molecule has 0 bridgehead atoms. The number of benzene rings is 2. The molecule has 8 heteroatoms. The highest BCUT2D eigenvalue weighted by molar-refractivity contribution is 7.89. The number of fused-ring (bicyclic) bond motifs is 1. The van der Waals surface area contributed by atoms with Crippen LogP contribution in [-0.4, -0.2) is 19.0 Å². The average molecular weight is 451 g/mol. The summed E-state index contributed by atoms with van der Waals surface area (Å²) in [4.78, 5) is 12.6. The average Bonchev–Trinajstić information content (AvgIpc) is 2.84. The summed E-state index contributed by atoms with van der Waals surface area (Å²) in [6, 6.07) is 12.3. The van der Waals surface area contributed by atoms with Gasteiger partial charge in [0.15, 0.2) is 0 Å². The molecule has 1 saturated carbocycles. The summed E-state index contributed by atoms with van der Waals surface area (Å²) >= 11 is 7.00. The molecule has 1 aliphatic rings. The first-order valence-corrected chi connectivity index (χ1v) is 12.5. The molecule has 3 aromatic rings. The van der Waals surface area contributed by atoms with Gasteiger partial charge in [-0.1, -0.05) is 60.8 Å². The molecule has 1 aromatic heterocycles. The summed E-state index contributed by atoms with van der Waals surface area (Å²) in [5.41, 5.74) is 1.70. The lowest BCUT2D eigenvalue weighted by molar-refractivity contribution is 0.510. The van der Waals surface area contributed by atoms with Crippen molar-refractivity contribution < 1.29 is 8.42 Å². The molecule has 29 heavy (non-hydrogen) atoms. The highest BCUT2D eigenvalue weighted by atomic mass is 35.5. The van der Waals surface area contributed by atoms with Crippen LogP contribution in [-0.2, 0) is 16.6 Å². The van der Waals surface area contributed by atoms with E-state index < -0.39 is 10.0 Å². The predicted molar refractivity (Wildman–Crippen MR) is 118 cm³/mol. The van der Waals surface area contributed by atoms with Gasteiger partial charge in [-0.25, -0.2) is 13.1 Å². The first kappa shape index (κ1) is 20.6. The maximum Gasteiger partial charge on any atom is 0.308 e. The van der Waals surface area contributed by atoms with E-state index >= 15 is 0 Å². The van der Waals surface area contributed by atoms with Crippen molar-refractivity contribution in [1.29, 1.82) is 0 Å². The van der Waals surface area contributed by atoms with Gasteiger partial charge in [0.25, 0.3) is 0 Å². The third kappa shape index (κ3) is 4.74. The van der Waals surface area contributed by atoms with Gasteiger partial charge in [0.1, 0.15) is 0 Å². The van der Waals surface area contributed by atoms with Crippen LogP contribution in [0.15, 0.2) is 52.2 Å². The lowest BCUT2D eigenvalue weighted by Gasteiger charge is -2.16. The molecule has 0 saturated heterocycles. The molecule has 0 unspecified atom stereocenters. The lowest BCUT2D eigenvalue weighted by atomic mass is 10.1. The fourth-order valence-electron chi connectivity index (χ4n) is 3.82. The number of sulfonamides is 1. The second kappa shape index (κ2) is 8.60. The molecular weight excluding hydrogens is 428 g/mol. The molecule has 1 heterocycles. The molecule has 1 N–H and O–H groups in total. The third-order valence-electron chi connectivity index (χ3n) is 5.38. The van der Waals surface area contributed by atoms with Crippen LogP contribution in [0.4, 0.5) is 0 Å². The smallest absolute Gasteiger partial charge is 0.294 e. The van der Waals surface area contributed by atoms with Gasteiger partial charge in [-0.2, -0.15) is 0 Å². The van der Waals surface area contributed by atoms with Gasteiger partial charge in [-0.15, -0.1) is 0 Å². The van der Waals surface area contributed by atoms with Gasteiger partial charge < -0.3 is 0 Å². The highest BCUT2D eigenvalue weighted by Crippen LogP contribution is 2.24. The number of nitrogens with one attached hydrogen (secondary N) is 1. The van der Waals surface area contributed by atoms with Gasteiger partial charge in [-0.05, 0) is 48.7 Å². The highest BCUT2D eigenvalue weighted by Gasteiger charge is 2.22. The Morgan fingerprint density at radius 2 is 1.72 bits per heavy atom. The predicted octanol–water partition coefficient (Wildman–Crippen LogP) is 4.77. The van der Waals surface area contributed by atoms with E-state index in [2.05, 4.69) is 4.72 Å². The lowest BCUT2D eigenvalue weighted by Crippen LogP contribution is -2.34. The zero-order chi connectivity index (χ0) is 20.4. The van der Waals surface area contributed by atoms with Crippen molar-refractivity contribution >= 4 is 43.2 Å². The molecule has 2 aromatic carbocycles. The summed E-state index contributed by atoms with van der Waals surface area (Å²) in [6.45, 7) is 0.419. The van der Waals surface area contributed by atoms with Gasteiger partial charge in [-0.3, -0.25) is 9.36 Å². The number of nitrogens with zero attached hydrogens (tertiary/aromatic N) is 1. The summed E-state index contributed by atoms with van der Waals surface area (Å²) in [7, 11) is -3.60. The van der Waals surface area contributed by atoms with E-state index in [9.17, 15) is 13.2 Å². The van der Waals surface area contributed by atoms with Gasteiger partial charge in [0.2, 0.25) is 10.0 Å².